The first kappa shape index (κ1) is 22.9. The average molecular weight is 561 g/mol. The zero-order chi connectivity index (χ0) is 25.1. The second kappa shape index (κ2) is 8.57. The highest BCUT2D eigenvalue weighted by Crippen LogP contribution is 2.45. The van der Waals surface area contributed by atoms with Gasteiger partial charge < -0.3 is 9.84 Å². The largest absolute Gasteiger partial charge is 0.507 e. The van der Waals surface area contributed by atoms with E-state index in [1.807, 2.05) is 62.4 Å². The maximum Gasteiger partial charge on any atom is 0.301 e. The molecule has 0 saturated carbocycles. The molecule has 3 heterocycles. The number of rotatable bonds is 3. The topological polar surface area (TPSA) is 79.7 Å². The predicted octanol–water partition coefficient (Wildman–Crippen LogP) is 6.32. The number of hydrogen-bond acceptors (Lipinski definition) is 6. The number of carbonyl (C=O) groups excluding carboxylic acids is 2. The molecule has 8 heteroatoms. The zero-order valence-corrected chi connectivity index (χ0v) is 21.9. The molecule has 1 amide bonds. The van der Waals surface area contributed by atoms with Gasteiger partial charge in [0.05, 0.1) is 21.8 Å². The maximum atomic E-state index is 13.5. The molecular formula is C28H21BrN2O4S. The van der Waals surface area contributed by atoms with Crippen molar-refractivity contribution in [2.45, 2.75) is 32.4 Å². The molecule has 1 N–H and O–H groups in total. The first-order chi connectivity index (χ1) is 17.3. The van der Waals surface area contributed by atoms with Gasteiger partial charge in [0, 0.05) is 16.5 Å². The first-order valence-corrected chi connectivity index (χ1v) is 13.1. The minimum absolute atomic E-state index is 0.0421. The molecule has 2 aliphatic rings. The number of fused-ring (bicyclic) bond motifs is 2. The van der Waals surface area contributed by atoms with Gasteiger partial charge in [0.2, 0.25) is 0 Å². The minimum Gasteiger partial charge on any atom is -0.507 e. The smallest absolute Gasteiger partial charge is 0.301 e. The van der Waals surface area contributed by atoms with E-state index in [1.54, 1.807) is 12.1 Å². The number of aryl methyl sites for hydroxylation is 1. The fraction of sp³-hybridized carbons (Fsp3) is 0.179. The number of ketones is 1. The second-order valence-corrected chi connectivity index (χ2v) is 11.1. The SMILES string of the molecule is Cc1ccc2nc(N3C(=O)C(=O)/C(=C(\O)c4ccc5c(c4)CC(C)O5)C3c3cccc(Br)c3)sc2c1. The van der Waals surface area contributed by atoms with Crippen molar-refractivity contribution in [1.29, 1.82) is 0 Å². The van der Waals surface area contributed by atoms with E-state index >= 15 is 0 Å². The van der Waals surface area contributed by atoms with Gasteiger partial charge >= 0.3 is 5.91 Å². The summed E-state index contributed by atoms with van der Waals surface area (Å²) in [4.78, 5) is 33.0. The molecular weight excluding hydrogens is 540 g/mol. The molecule has 180 valence electrons. The van der Waals surface area contributed by atoms with Crippen LogP contribution in [-0.2, 0) is 16.0 Å². The normalized spacial score (nSPS) is 20.7. The van der Waals surface area contributed by atoms with E-state index < -0.39 is 17.7 Å². The second-order valence-electron chi connectivity index (χ2n) is 9.15. The molecule has 1 saturated heterocycles. The lowest BCUT2D eigenvalue weighted by atomic mass is 9.94. The molecule has 0 radical (unpaired) electrons. The van der Waals surface area contributed by atoms with Crippen LogP contribution in [0.3, 0.4) is 0 Å². The summed E-state index contributed by atoms with van der Waals surface area (Å²) in [5, 5.41) is 11.9. The summed E-state index contributed by atoms with van der Waals surface area (Å²) in [6, 6.07) is 17.8. The number of ether oxygens (including phenoxy) is 1. The quantitative estimate of drug-likeness (QED) is 0.180. The highest BCUT2D eigenvalue weighted by molar-refractivity contribution is 9.10. The van der Waals surface area contributed by atoms with Gasteiger partial charge in [0.1, 0.15) is 17.6 Å². The monoisotopic (exact) mass is 560 g/mol. The molecule has 2 unspecified atom stereocenters. The van der Waals surface area contributed by atoms with Crippen LogP contribution in [0.5, 0.6) is 5.75 Å². The fourth-order valence-corrected chi connectivity index (χ4v) is 6.38. The van der Waals surface area contributed by atoms with Crippen LogP contribution in [0.1, 0.15) is 35.2 Å². The van der Waals surface area contributed by atoms with E-state index in [0.717, 1.165) is 31.6 Å². The molecule has 1 fully saturated rings. The number of amides is 1. The number of aromatic nitrogens is 1. The molecule has 2 atom stereocenters. The van der Waals surface area contributed by atoms with Crippen LogP contribution < -0.4 is 9.64 Å². The Morgan fingerprint density at radius 2 is 1.97 bits per heavy atom. The molecule has 1 aromatic heterocycles. The molecule has 0 bridgehead atoms. The van der Waals surface area contributed by atoms with Gasteiger partial charge in [0.15, 0.2) is 5.13 Å². The lowest BCUT2D eigenvalue weighted by Gasteiger charge is -2.23. The Labute approximate surface area is 220 Å². The number of Topliss-reactive ketones (excluding diaryl/α,β-unsaturated/α-hetero) is 1. The Morgan fingerprint density at radius 3 is 2.78 bits per heavy atom. The number of nitrogens with zero attached hydrogens (tertiary/aromatic N) is 2. The number of aliphatic hydroxyl groups excluding tert-OH is 1. The third-order valence-electron chi connectivity index (χ3n) is 6.52. The van der Waals surface area contributed by atoms with Gasteiger partial charge in [-0.3, -0.25) is 14.5 Å². The van der Waals surface area contributed by atoms with Crippen LogP contribution in [0.4, 0.5) is 5.13 Å². The van der Waals surface area contributed by atoms with E-state index in [9.17, 15) is 14.7 Å². The van der Waals surface area contributed by atoms with Crippen LogP contribution in [-0.4, -0.2) is 27.9 Å². The fourth-order valence-electron chi connectivity index (χ4n) is 4.87. The molecule has 6 nitrogen and oxygen atoms in total. The number of anilines is 1. The Kier molecular flexibility index (Phi) is 5.46. The predicted molar refractivity (Wildman–Crippen MR) is 144 cm³/mol. The highest BCUT2D eigenvalue weighted by atomic mass is 79.9. The van der Waals surface area contributed by atoms with E-state index in [-0.39, 0.29) is 17.4 Å². The van der Waals surface area contributed by atoms with E-state index in [2.05, 4.69) is 20.9 Å². The number of carbonyl (C=O) groups is 2. The standard InChI is InChI=1S/C28H21BrN2O4S/c1-14-6-8-20-22(10-14)36-28(30-20)31-24(16-4-3-5-19(29)13-16)23(26(33)27(31)34)25(32)17-7-9-21-18(12-17)11-15(2)35-21/h3-10,12-13,15,24,32H,11H2,1-2H3/b25-23-. The van der Waals surface area contributed by atoms with Crippen LogP contribution >= 0.6 is 27.3 Å². The van der Waals surface area contributed by atoms with E-state index in [0.29, 0.717) is 22.7 Å². The molecule has 36 heavy (non-hydrogen) atoms. The van der Waals surface area contributed by atoms with Gasteiger partial charge in [0.25, 0.3) is 5.78 Å². The van der Waals surface area contributed by atoms with Crippen LogP contribution in [0.15, 0.2) is 70.7 Å². The van der Waals surface area contributed by atoms with Crippen molar-refractivity contribution >= 4 is 60.1 Å². The van der Waals surface area contributed by atoms with Crippen LogP contribution in [0.25, 0.3) is 16.0 Å². The maximum absolute atomic E-state index is 13.5. The summed E-state index contributed by atoms with van der Waals surface area (Å²) in [7, 11) is 0. The summed E-state index contributed by atoms with van der Waals surface area (Å²) in [6.07, 6.45) is 0.762. The average Bonchev–Trinajstić information content (AvgIpc) is 3.50. The Morgan fingerprint density at radius 1 is 1.14 bits per heavy atom. The van der Waals surface area contributed by atoms with Crippen molar-refractivity contribution in [3.8, 4) is 5.75 Å². The minimum atomic E-state index is -0.826. The Balaban J connectivity index is 1.54. The van der Waals surface area contributed by atoms with Crippen molar-refractivity contribution in [1.82, 2.24) is 4.98 Å². The number of benzene rings is 3. The van der Waals surface area contributed by atoms with Gasteiger partial charge in [-0.05, 0) is 73.0 Å². The molecule has 2 aliphatic heterocycles. The van der Waals surface area contributed by atoms with Gasteiger partial charge in [-0.15, -0.1) is 0 Å². The summed E-state index contributed by atoms with van der Waals surface area (Å²) in [5.41, 5.74) is 4.01. The van der Waals surface area contributed by atoms with Crippen molar-refractivity contribution in [2.24, 2.45) is 0 Å². The van der Waals surface area contributed by atoms with Crippen molar-refractivity contribution < 1.29 is 19.4 Å². The molecule has 6 rings (SSSR count). The summed E-state index contributed by atoms with van der Waals surface area (Å²) in [6.45, 7) is 3.98. The lowest BCUT2D eigenvalue weighted by Crippen LogP contribution is -2.29. The van der Waals surface area contributed by atoms with Gasteiger partial charge in [-0.25, -0.2) is 4.98 Å². The number of thiazole rings is 1. The van der Waals surface area contributed by atoms with E-state index in [4.69, 9.17) is 4.74 Å². The number of hydrogen-bond donors (Lipinski definition) is 1. The number of halogens is 1. The lowest BCUT2D eigenvalue weighted by molar-refractivity contribution is -0.132. The van der Waals surface area contributed by atoms with Crippen LogP contribution in [0, 0.1) is 6.92 Å². The van der Waals surface area contributed by atoms with Gasteiger partial charge in [-0.2, -0.15) is 0 Å². The first-order valence-electron chi connectivity index (χ1n) is 11.5. The van der Waals surface area contributed by atoms with Crippen molar-refractivity contribution in [3.63, 3.8) is 0 Å². The Bertz CT molecular complexity index is 1610. The van der Waals surface area contributed by atoms with Gasteiger partial charge in [-0.1, -0.05) is 45.5 Å². The zero-order valence-electron chi connectivity index (χ0n) is 19.5. The van der Waals surface area contributed by atoms with Crippen molar-refractivity contribution in [3.05, 3.63) is 93.0 Å². The molecule has 0 spiro atoms. The molecule has 0 aliphatic carbocycles. The third-order valence-corrected chi connectivity index (χ3v) is 8.03. The third kappa shape index (κ3) is 3.72. The number of aliphatic hydroxyl groups is 1. The highest BCUT2D eigenvalue weighted by Gasteiger charge is 2.48. The summed E-state index contributed by atoms with van der Waals surface area (Å²) in [5.74, 6) is -0.888. The van der Waals surface area contributed by atoms with E-state index in [1.165, 1.54) is 16.2 Å². The Hall–Kier alpha value is -3.49. The summed E-state index contributed by atoms with van der Waals surface area (Å²) < 4.78 is 7.51. The molecule has 3 aromatic carbocycles. The van der Waals surface area contributed by atoms with Crippen molar-refractivity contribution in [2.75, 3.05) is 4.90 Å². The molecule has 4 aromatic rings. The summed E-state index contributed by atoms with van der Waals surface area (Å²) >= 11 is 4.85. The van der Waals surface area contributed by atoms with Crippen LogP contribution in [0.2, 0.25) is 0 Å².